The fraction of sp³-hybridized carbons (Fsp3) is 0.611. The van der Waals surface area contributed by atoms with Crippen molar-refractivity contribution >= 4 is 32.8 Å². The number of rotatable bonds is 9. The molecule has 0 bridgehead atoms. The molecule has 0 atom stereocenters. The van der Waals surface area contributed by atoms with Crippen LogP contribution in [-0.2, 0) is 21.3 Å². The number of thioether (sulfide) groups is 1. The lowest BCUT2D eigenvalue weighted by Gasteiger charge is -2.26. The van der Waals surface area contributed by atoms with Crippen LogP contribution in [0.3, 0.4) is 0 Å². The summed E-state index contributed by atoms with van der Waals surface area (Å²) in [5.74, 6) is 0.933. The number of sulfonamides is 1. The molecule has 0 spiro atoms. The lowest BCUT2D eigenvalue weighted by atomic mass is 10.3. The van der Waals surface area contributed by atoms with E-state index in [1.165, 1.54) is 4.31 Å². The van der Waals surface area contributed by atoms with E-state index in [-0.39, 0.29) is 11.5 Å². The van der Waals surface area contributed by atoms with Crippen LogP contribution < -0.4 is 0 Å². The zero-order valence-electron chi connectivity index (χ0n) is 15.6. The normalized spacial score (nSPS) is 16.2. The standard InChI is InChI=1S/C18H27N3O4S2/c1-2-21-17-7-6-15(27(23,24)20-8-11-25-12-9-20)14-16(17)19-18(21)26-13-5-3-4-10-22/h6-7,14,22H,2-5,8-13H2,1H3. The zero-order chi connectivity index (χ0) is 19.3. The van der Waals surface area contributed by atoms with Crippen LogP contribution in [0.15, 0.2) is 28.3 Å². The van der Waals surface area contributed by atoms with Gasteiger partial charge in [-0.15, -0.1) is 0 Å². The van der Waals surface area contributed by atoms with Gasteiger partial charge in [-0.2, -0.15) is 4.31 Å². The Kier molecular flexibility index (Phi) is 7.16. The molecule has 1 aliphatic rings. The molecule has 150 valence electrons. The summed E-state index contributed by atoms with van der Waals surface area (Å²) in [6.45, 7) is 4.72. The van der Waals surface area contributed by atoms with E-state index in [1.807, 2.05) is 6.07 Å². The number of fused-ring (bicyclic) bond motifs is 1. The highest BCUT2D eigenvalue weighted by molar-refractivity contribution is 7.99. The average molecular weight is 414 g/mol. The fourth-order valence-electron chi connectivity index (χ4n) is 3.15. The SMILES string of the molecule is CCn1c(SCCCCCO)nc2cc(S(=O)(=O)N3CCOCC3)ccc21. The summed E-state index contributed by atoms with van der Waals surface area (Å²) in [5, 5.41) is 9.78. The number of morpholine rings is 1. The first-order valence-corrected chi connectivity index (χ1v) is 11.8. The Labute approximate surface area is 164 Å². The monoisotopic (exact) mass is 413 g/mol. The van der Waals surface area contributed by atoms with Crippen molar-refractivity contribution in [3.63, 3.8) is 0 Å². The number of aliphatic hydroxyl groups excluding tert-OH is 1. The molecule has 0 amide bonds. The van der Waals surface area contributed by atoms with Gasteiger partial charge in [-0.1, -0.05) is 18.2 Å². The number of aromatic nitrogens is 2. The van der Waals surface area contributed by atoms with Gasteiger partial charge in [0.2, 0.25) is 10.0 Å². The van der Waals surface area contributed by atoms with Crippen LogP contribution in [0.25, 0.3) is 11.0 Å². The summed E-state index contributed by atoms with van der Waals surface area (Å²) in [6, 6.07) is 5.22. The van der Waals surface area contributed by atoms with E-state index in [2.05, 4.69) is 16.5 Å². The maximum absolute atomic E-state index is 12.9. The number of hydrogen-bond donors (Lipinski definition) is 1. The van der Waals surface area contributed by atoms with Gasteiger partial charge < -0.3 is 14.4 Å². The number of imidazole rings is 1. The van der Waals surface area contributed by atoms with Gasteiger partial charge in [0.05, 0.1) is 29.1 Å². The van der Waals surface area contributed by atoms with Crippen molar-refractivity contribution in [2.75, 3.05) is 38.7 Å². The third-order valence-corrected chi connectivity index (χ3v) is 7.60. The minimum atomic E-state index is -3.52. The number of aryl methyl sites for hydroxylation is 1. The van der Waals surface area contributed by atoms with Crippen molar-refractivity contribution in [3.05, 3.63) is 18.2 Å². The van der Waals surface area contributed by atoms with Gasteiger partial charge in [0, 0.05) is 32.0 Å². The average Bonchev–Trinajstić information content (AvgIpc) is 3.05. The summed E-state index contributed by atoms with van der Waals surface area (Å²) in [7, 11) is -3.52. The molecular formula is C18H27N3O4S2. The van der Waals surface area contributed by atoms with Crippen LogP contribution in [-0.4, -0.2) is 66.0 Å². The van der Waals surface area contributed by atoms with E-state index in [9.17, 15) is 8.42 Å². The molecule has 0 unspecified atom stereocenters. The van der Waals surface area contributed by atoms with Crippen molar-refractivity contribution in [1.82, 2.24) is 13.9 Å². The van der Waals surface area contributed by atoms with Crippen LogP contribution in [0.5, 0.6) is 0 Å². The number of benzene rings is 1. The molecule has 7 nitrogen and oxygen atoms in total. The van der Waals surface area contributed by atoms with E-state index in [1.54, 1.807) is 23.9 Å². The second-order valence-corrected chi connectivity index (χ2v) is 9.44. The number of nitrogens with zero attached hydrogens (tertiary/aromatic N) is 3. The summed E-state index contributed by atoms with van der Waals surface area (Å²) < 4.78 is 34.6. The van der Waals surface area contributed by atoms with Crippen LogP contribution in [0.1, 0.15) is 26.2 Å². The Morgan fingerprint density at radius 3 is 2.70 bits per heavy atom. The van der Waals surface area contributed by atoms with E-state index in [0.29, 0.717) is 31.8 Å². The van der Waals surface area contributed by atoms with Gasteiger partial charge in [-0.3, -0.25) is 0 Å². The summed E-state index contributed by atoms with van der Waals surface area (Å²) >= 11 is 1.68. The molecule has 1 fully saturated rings. The molecule has 0 aliphatic carbocycles. The number of unbranched alkanes of at least 4 members (excludes halogenated alkanes) is 2. The van der Waals surface area contributed by atoms with Crippen molar-refractivity contribution in [3.8, 4) is 0 Å². The largest absolute Gasteiger partial charge is 0.396 e. The van der Waals surface area contributed by atoms with Gasteiger partial charge in [0.1, 0.15) is 0 Å². The summed E-state index contributed by atoms with van der Waals surface area (Å²) in [4.78, 5) is 4.98. The highest BCUT2D eigenvalue weighted by Gasteiger charge is 2.27. The molecule has 2 heterocycles. The summed E-state index contributed by atoms with van der Waals surface area (Å²) in [6.07, 6.45) is 2.85. The Morgan fingerprint density at radius 2 is 2.00 bits per heavy atom. The first kappa shape index (κ1) is 20.6. The lowest BCUT2D eigenvalue weighted by molar-refractivity contribution is 0.0730. The van der Waals surface area contributed by atoms with Crippen LogP contribution in [0.4, 0.5) is 0 Å². The van der Waals surface area contributed by atoms with Crippen LogP contribution in [0.2, 0.25) is 0 Å². The molecule has 9 heteroatoms. The first-order chi connectivity index (χ1) is 13.1. The first-order valence-electron chi connectivity index (χ1n) is 9.39. The molecule has 1 saturated heterocycles. The minimum Gasteiger partial charge on any atom is -0.396 e. The molecule has 1 aliphatic heterocycles. The molecule has 3 rings (SSSR count). The van der Waals surface area contributed by atoms with E-state index >= 15 is 0 Å². The highest BCUT2D eigenvalue weighted by atomic mass is 32.2. The Balaban J connectivity index is 1.82. The Hall–Kier alpha value is -1.13. The smallest absolute Gasteiger partial charge is 0.243 e. The van der Waals surface area contributed by atoms with Gasteiger partial charge in [-0.25, -0.2) is 13.4 Å². The van der Waals surface area contributed by atoms with Gasteiger partial charge in [0.15, 0.2) is 5.16 Å². The van der Waals surface area contributed by atoms with Crippen LogP contribution in [0, 0.1) is 0 Å². The molecular weight excluding hydrogens is 386 g/mol. The van der Waals surface area contributed by atoms with E-state index < -0.39 is 10.0 Å². The third-order valence-electron chi connectivity index (χ3n) is 4.64. The second kappa shape index (κ2) is 9.38. The van der Waals surface area contributed by atoms with Gasteiger partial charge >= 0.3 is 0 Å². The fourth-order valence-corrected chi connectivity index (χ4v) is 5.66. The Morgan fingerprint density at radius 1 is 1.22 bits per heavy atom. The topological polar surface area (TPSA) is 84.7 Å². The quantitative estimate of drug-likeness (QED) is 0.502. The predicted octanol–water partition coefficient (Wildman–Crippen LogP) is 2.33. The molecule has 0 saturated carbocycles. The predicted molar refractivity (Wildman–Crippen MR) is 107 cm³/mol. The van der Waals surface area contributed by atoms with Crippen molar-refractivity contribution in [2.45, 2.75) is 42.8 Å². The van der Waals surface area contributed by atoms with Crippen LogP contribution >= 0.6 is 11.8 Å². The number of ether oxygens (including phenoxy) is 1. The van der Waals surface area contributed by atoms with Gasteiger partial charge in [-0.05, 0) is 38.0 Å². The molecule has 1 aromatic heterocycles. The van der Waals surface area contributed by atoms with Crippen molar-refractivity contribution < 1.29 is 18.3 Å². The Bertz CT molecular complexity index is 861. The van der Waals surface area contributed by atoms with Crippen molar-refractivity contribution in [2.24, 2.45) is 0 Å². The molecule has 1 aromatic carbocycles. The van der Waals surface area contributed by atoms with E-state index in [0.717, 1.165) is 42.2 Å². The minimum absolute atomic E-state index is 0.235. The third kappa shape index (κ3) is 4.65. The maximum atomic E-state index is 12.9. The zero-order valence-corrected chi connectivity index (χ0v) is 17.3. The second-order valence-electron chi connectivity index (χ2n) is 6.44. The van der Waals surface area contributed by atoms with Crippen molar-refractivity contribution in [1.29, 1.82) is 0 Å². The number of hydrogen-bond acceptors (Lipinski definition) is 6. The van der Waals surface area contributed by atoms with E-state index in [4.69, 9.17) is 9.84 Å². The molecule has 1 N–H and O–H groups in total. The number of aliphatic hydroxyl groups is 1. The molecule has 27 heavy (non-hydrogen) atoms. The highest BCUT2D eigenvalue weighted by Crippen LogP contribution is 2.28. The summed E-state index contributed by atoms with van der Waals surface area (Å²) in [5.41, 5.74) is 1.67. The molecule has 0 radical (unpaired) electrons. The van der Waals surface area contributed by atoms with Gasteiger partial charge in [0.25, 0.3) is 0 Å². The maximum Gasteiger partial charge on any atom is 0.243 e. The lowest BCUT2D eigenvalue weighted by Crippen LogP contribution is -2.40. The molecule has 2 aromatic rings.